The predicted octanol–water partition coefficient (Wildman–Crippen LogP) is 3.75. The maximum atomic E-state index is 13.6. The van der Waals surface area contributed by atoms with E-state index in [1.165, 1.54) is 12.4 Å². The molecular weight excluding hydrogens is 253 g/mol. The summed E-state index contributed by atoms with van der Waals surface area (Å²) in [6.07, 6.45) is 1.38. The monoisotopic (exact) mass is 265 g/mol. The molecule has 0 aliphatic rings. The first kappa shape index (κ1) is 12.8. The van der Waals surface area contributed by atoms with Gasteiger partial charge in [-0.15, -0.1) is 0 Å². The van der Waals surface area contributed by atoms with E-state index in [0.717, 1.165) is 5.56 Å². The number of hydrogen-bond acceptors (Lipinski definition) is 3. The largest absolute Gasteiger partial charge is 0.363 e. The van der Waals surface area contributed by atoms with Gasteiger partial charge in [-0.05, 0) is 19.9 Å². The molecule has 5 heteroatoms. The number of benzene rings is 1. The Hall–Kier alpha value is -1.68. The number of nitrogens with one attached hydrogen (secondary N) is 1. The fraction of sp³-hybridized carbons (Fsp3) is 0.231. The zero-order valence-corrected chi connectivity index (χ0v) is 10.9. The molecule has 0 aliphatic heterocycles. The zero-order chi connectivity index (χ0) is 13.1. The standard InChI is InChI=1S/C13H13ClFN3/c1-8-12(14)16-7-17-13(8)18-9(2)10-5-3-4-6-11(10)15/h3-7,9H,1-2H3,(H,16,17,18). The molecule has 1 aromatic heterocycles. The molecule has 1 aromatic carbocycles. The van der Waals surface area contributed by atoms with E-state index in [1.54, 1.807) is 18.2 Å². The summed E-state index contributed by atoms with van der Waals surface area (Å²) in [5, 5.41) is 3.53. The number of halogens is 2. The minimum Gasteiger partial charge on any atom is -0.363 e. The van der Waals surface area contributed by atoms with Gasteiger partial charge in [0.15, 0.2) is 0 Å². The Labute approximate surface area is 110 Å². The third-order valence-corrected chi connectivity index (χ3v) is 3.13. The van der Waals surface area contributed by atoms with Gasteiger partial charge in [0.25, 0.3) is 0 Å². The number of rotatable bonds is 3. The number of anilines is 1. The summed E-state index contributed by atoms with van der Waals surface area (Å²) in [6, 6.07) is 6.45. The molecular formula is C13H13ClFN3. The molecule has 1 unspecified atom stereocenters. The lowest BCUT2D eigenvalue weighted by Gasteiger charge is -2.17. The zero-order valence-electron chi connectivity index (χ0n) is 10.1. The van der Waals surface area contributed by atoms with Crippen LogP contribution in [0, 0.1) is 12.7 Å². The maximum Gasteiger partial charge on any atom is 0.137 e. The van der Waals surface area contributed by atoms with Gasteiger partial charge in [-0.3, -0.25) is 0 Å². The summed E-state index contributed by atoms with van der Waals surface area (Å²) in [7, 11) is 0. The molecule has 0 spiro atoms. The average molecular weight is 266 g/mol. The van der Waals surface area contributed by atoms with Crippen molar-refractivity contribution >= 4 is 17.4 Å². The summed E-state index contributed by atoms with van der Waals surface area (Å²) >= 11 is 5.91. The Balaban J connectivity index is 2.24. The van der Waals surface area contributed by atoms with Crippen LogP contribution < -0.4 is 5.32 Å². The van der Waals surface area contributed by atoms with E-state index in [0.29, 0.717) is 16.5 Å². The highest BCUT2D eigenvalue weighted by Crippen LogP contribution is 2.24. The molecule has 2 rings (SSSR count). The van der Waals surface area contributed by atoms with Crippen LogP contribution in [0.1, 0.15) is 24.1 Å². The number of hydrogen-bond donors (Lipinski definition) is 1. The van der Waals surface area contributed by atoms with Crippen molar-refractivity contribution in [2.24, 2.45) is 0 Å². The highest BCUT2D eigenvalue weighted by atomic mass is 35.5. The van der Waals surface area contributed by atoms with Crippen molar-refractivity contribution in [1.82, 2.24) is 9.97 Å². The lowest BCUT2D eigenvalue weighted by atomic mass is 10.1. The molecule has 1 heterocycles. The molecule has 1 N–H and O–H groups in total. The SMILES string of the molecule is Cc1c(Cl)ncnc1NC(C)c1ccccc1F. The first-order valence-corrected chi connectivity index (χ1v) is 5.95. The summed E-state index contributed by atoms with van der Waals surface area (Å²) in [6.45, 7) is 3.69. The Morgan fingerprint density at radius 2 is 2.00 bits per heavy atom. The van der Waals surface area contributed by atoms with Gasteiger partial charge in [0.05, 0.1) is 6.04 Å². The van der Waals surface area contributed by atoms with Crippen LogP contribution in [-0.4, -0.2) is 9.97 Å². The highest BCUT2D eigenvalue weighted by Gasteiger charge is 2.12. The Kier molecular flexibility index (Phi) is 3.77. The summed E-state index contributed by atoms with van der Waals surface area (Å²) in [5.41, 5.74) is 1.34. The molecule has 0 saturated heterocycles. The van der Waals surface area contributed by atoms with E-state index in [2.05, 4.69) is 15.3 Å². The van der Waals surface area contributed by atoms with Gasteiger partial charge >= 0.3 is 0 Å². The molecule has 0 aliphatic carbocycles. The molecule has 0 amide bonds. The van der Waals surface area contributed by atoms with Crippen LogP contribution in [0.3, 0.4) is 0 Å². The van der Waals surface area contributed by atoms with Gasteiger partial charge in [0, 0.05) is 11.1 Å². The Morgan fingerprint density at radius 3 is 2.72 bits per heavy atom. The second-order valence-corrected chi connectivity index (χ2v) is 4.38. The molecule has 0 saturated carbocycles. The maximum absolute atomic E-state index is 13.6. The smallest absolute Gasteiger partial charge is 0.137 e. The lowest BCUT2D eigenvalue weighted by molar-refractivity contribution is 0.600. The first-order chi connectivity index (χ1) is 8.59. The molecule has 18 heavy (non-hydrogen) atoms. The molecule has 0 radical (unpaired) electrons. The minimum absolute atomic E-state index is 0.198. The van der Waals surface area contributed by atoms with E-state index in [1.807, 2.05) is 13.8 Å². The van der Waals surface area contributed by atoms with Gasteiger partial charge in [0.2, 0.25) is 0 Å². The van der Waals surface area contributed by atoms with Gasteiger partial charge in [0.1, 0.15) is 23.1 Å². The van der Waals surface area contributed by atoms with Crippen LogP contribution in [0.15, 0.2) is 30.6 Å². The van der Waals surface area contributed by atoms with Crippen molar-refractivity contribution in [1.29, 1.82) is 0 Å². The predicted molar refractivity (Wildman–Crippen MR) is 70.2 cm³/mol. The van der Waals surface area contributed by atoms with Crippen molar-refractivity contribution in [3.05, 3.63) is 52.7 Å². The van der Waals surface area contributed by atoms with Crippen LogP contribution in [-0.2, 0) is 0 Å². The van der Waals surface area contributed by atoms with Crippen LogP contribution in [0.2, 0.25) is 5.15 Å². The third-order valence-electron chi connectivity index (χ3n) is 2.75. The quantitative estimate of drug-likeness (QED) is 0.859. The van der Waals surface area contributed by atoms with E-state index < -0.39 is 0 Å². The van der Waals surface area contributed by atoms with Gasteiger partial charge in [-0.25, -0.2) is 14.4 Å². The van der Waals surface area contributed by atoms with Gasteiger partial charge < -0.3 is 5.32 Å². The average Bonchev–Trinajstić information content (AvgIpc) is 2.35. The molecule has 0 fully saturated rings. The second-order valence-electron chi connectivity index (χ2n) is 4.03. The van der Waals surface area contributed by atoms with Crippen molar-refractivity contribution in [3.8, 4) is 0 Å². The number of aromatic nitrogens is 2. The van der Waals surface area contributed by atoms with E-state index in [-0.39, 0.29) is 11.9 Å². The fourth-order valence-corrected chi connectivity index (χ4v) is 1.82. The minimum atomic E-state index is -0.240. The molecule has 1 atom stereocenters. The molecule has 0 bridgehead atoms. The van der Waals surface area contributed by atoms with Gasteiger partial charge in [-0.1, -0.05) is 29.8 Å². The van der Waals surface area contributed by atoms with Crippen molar-refractivity contribution in [2.45, 2.75) is 19.9 Å². The Morgan fingerprint density at radius 1 is 1.28 bits per heavy atom. The number of nitrogens with zero attached hydrogens (tertiary/aromatic N) is 2. The second kappa shape index (κ2) is 5.31. The van der Waals surface area contributed by atoms with Crippen LogP contribution >= 0.6 is 11.6 Å². The summed E-state index contributed by atoms with van der Waals surface area (Å²) in [5.74, 6) is 0.376. The Bertz CT molecular complexity index is 560. The van der Waals surface area contributed by atoms with E-state index in [4.69, 9.17) is 11.6 Å². The lowest BCUT2D eigenvalue weighted by Crippen LogP contribution is -2.11. The summed E-state index contributed by atoms with van der Waals surface area (Å²) in [4.78, 5) is 7.98. The van der Waals surface area contributed by atoms with Crippen molar-refractivity contribution in [3.63, 3.8) is 0 Å². The summed E-state index contributed by atoms with van der Waals surface area (Å²) < 4.78 is 13.6. The van der Waals surface area contributed by atoms with Crippen molar-refractivity contribution in [2.75, 3.05) is 5.32 Å². The molecule has 3 nitrogen and oxygen atoms in total. The highest BCUT2D eigenvalue weighted by molar-refractivity contribution is 6.30. The van der Waals surface area contributed by atoms with Gasteiger partial charge in [-0.2, -0.15) is 0 Å². The topological polar surface area (TPSA) is 37.8 Å². The van der Waals surface area contributed by atoms with E-state index >= 15 is 0 Å². The van der Waals surface area contributed by atoms with Crippen LogP contribution in [0.25, 0.3) is 0 Å². The van der Waals surface area contributed by atoms with Crippen LogP contribution in [0.5, 0.6) is 0 Å². The van der Waals surface area contributed by atoms with E-state index in [9.17, 15) is 4.39 Å². The first-order valence-electron chi connectivity index (χ1n) is 5.57. The molecule has 2 aromatic rings. The fourth-order valence-electron chi connectivity index (χ4n) is 1.68. The third kappa shape index (κ3) is 2.59. The van der Waals surface area contributed by atoms with Crippen LogP contribution in [0.4, 0.5) is 10.2 Å². The van der Waals surface area contributed by atoms with Crippen molar-refractivity contribution < 1.29 is 4.39 Å². The normalized spacial score (nSPS) is 12.2. The molecule has 94 valence electrons.